The van der Waals surface area contributed by atoms with E-state index in [1.165, 1.54) is 11.3 Å². The van der Waals surface area contributed by atoms with Crippen molar-refractivity contribution >= 4 is 23.2 Å². The molecule has 0 spiro atoms. The number of carboxylic acid groups (broad SMARTS) is 1. The fourth-order valence-corrected chi connectivity index (χ4v) is 4.83. The van der Waals surface area contributed by atoms with Crippen LogP contribution in [0.3, 0.4) is 0 Å². The second-order valence-corrected chi connectivity index (χ2v) is 9.20. The van der Waals surface area contributed by atoms with Crippen molar-refractivity contribution < 1.29 is 24.2 Å². The van der Waals surface area contributed by atoms with Gasteiger partial charge in [-0.25, -0.2) is 4.79 Å². The quantitative estimate of drug-likeness (QED) is 0.488. The highest BCUT2D eigenvalue weighted by Gasteiger charge is 2.53. The summed E-state index contributed by atoms with van der Waals surface area (Å²) in [6.07, 6.45) is 0.891. The van der Waals surface area contributed by atoms with E-state index < -0.39 is 17.7 Å². The molecule has 1 aliphatic rings. The number of amides is 1. The monoisotopic (exact) mass is 465 g/mol. The maximum absolute atomic E-state index is 12.8. The van der Waals surface area contributed by atoms with Crippen LogP contribution < -0.4 is 9.47 Å². The number of carbonyl (C=O) groups is 2. The topological polar surface area (TPSA) is 76.1 Å². The summed E-state index contributed by atoms with van der Waals surface area (Å²) >= 11 is 1.41. The van der Waals surface area contributed by atoms with Crippen molar-refractivity contribution in [2.75, 3.05) is 13.1 Å². The highest BCUT2D eigenvalue weighted by molar-refractivity contribution is 7.12. The summed E-state index contributed by atoms with van der Waals surface area (Å²) in [5.41, 5.74) is 1.64. The van der Waals surface area contributed by atoms with E-state index >= 15 is 0 Å². The molecule has 1 fully saturated rings. The van der Waals surface area contributed by atoms with Gasteiger partial charge in [0.2, 0.25) is 0 Å². The van der Waals surface area contributed by atoms with Crippen LogP contribution in [0.2, 0.25) is 0 Å². The number of para-hydroxylation sites is 2. The number of nitrogens with zero attached hydrogens (tertiary/aromatic N) is 1. The van der Waals surface area contributed by atoms with Crippen molar-refractivity contribution in [2.45, 2.75) is 32.5 Å². The van der Waals surface area contributed by atoms with E-state index in [-0.39, 0.29) is 5.91 Å². The predicted octanol–water partition coefficient (Wildman–Crippen LogP) is 5.16. The number of hydrogen-bond acceptors (Lipinski definition) is 5. The van der Waals surface area contributed by atoms with E-state index in [2.05, 4.69) is 0 Å². The Morgan fingerprint density at radius 2 is 1.45 bits per heavy atom. The molecule has 0 bridgehead atoms. The Kier molecular flexibility index (Phi) is 6.70. The molecule has 0 aliphatic carbocycles. The predicted molar refractivity (Wildman–Crippen MR) is 127 cm³/mol. The lowest BCUT2D eigenvalue weighted by atomic mass is 9.87. The first-order valence-corrected chi connectivity index (χ1v) is 11.8. The number of piperidine rings is 1. The fraction of sp³-hybridized carbons (Fsp3) is 0.308. The van der Waals surface area contributed by atoms with E-state index in [1.54, 1.807) is 17.0 Å². The first-order valence-electron chi connectivity index (χ1n) is 11.0. The third-order valence-corrected chi connectivity index (χ3v) is 6.92. The average molecular weight is 466 g/mol. The van der Waals surface area contributed by atoms with Gasteiger partial charge >= 0.3 is 11.8 Å². The molecular weight excluding hydrogens is 438 g/mol. The summed E-state index contributed by atoms with van der Waals surface area (Å²) in [6.45, 7) is 4.62. The van der Waals surface area contributed by atoms with Crippen LogP contribution >= 0.6 is 11.3 Å². The molecule has 2 aromatic carbocycles. The number of thiophene rings is 1. The maximum Gasteiger partial charge on any atom is 0.390 e. The number of carboxylic acids is 1. The van der Waals surface area contributed by atoms with Crippen molar-refractivity contribution in [3.05, 3.63) is 82.0 Å². The van der Waals surface area contributed by atoms with Gasteiger partial charge in [0.05, 0.1) is 10.8 Å². The Hall–Kier alpha value is -3.32. The first-order chi connectivity index (χ1) is 15.9. The van der Waals surface area contributed by atoms with Gasteiger partial charge in [-0.15, -0.1) is 11.3 Å². The van der Waals surface area contributed by atoms with Gasteiger partial charge in [0, 0.05) is 13.1 Å². The standard InChI is InChI=1S/C26H27NO5S/c1-18-8-3-5-10-21(18)31-26(25(29)30,32-22-11-6-4-9-19(22)2)20-13-15-27(16-14-20)24(28)23-12-7-17-33-23/h3-12,17,20H,13-16H2,1-2H3,(H,29,30). The molecule has 0 unspecified atom stereocenters. The molecule has 0 radical (unpaired) electrons. The number of carbonyl (C=O) groups excluding carboxylic acids is 1. The molecule has 1 aliphatic heterocycles. The van der Waals surface area contributed by atoms with Crippen molar-refractivity contribution in [1.82, 2.24) is 4.90 Å². The summed E-state index contributed by atoms with van der Waals surface area (Å²) in [5.74, 6) is -2.66. The van der Waals surface area contributed by atoms with Crippen LogP contribution in [0, 0.1) is 19.8 Å². The smallest absolute Gasteiger partial charge is 0.390 e. The molecule has 33 heavy (non-hydrogen) atoms. The van der Waals surface area contributed by atoms with Gasteiger partial charge in [0.15, 0.2) is 0 Å². The van der Waals surface area contributed by atoms with Gasteiger partial charge in [-0.1, -0.05) is 42.5 Å². The molecule has 2 heterocycles. The molecule has 0 saturated carbocycles. The van der Waals surface area contributed by atoms with Gasteiger partial charge in [0.1, 0.15) is 11.5 Å². The summed E-state index contributed by atoms with van der Waals surface area (Å²) < 4.78 is 12.5. The van der Waals surface area contributed by atoms with Gasteiger partial charge < -0.3 is 19.5 Å². The number of ether oxygens (including phenoxy) is 2. The number of aliphatic carboxylic acids is 1. The molecule has 1 aromatic heterocycles. The number of benzene rings is 2. The van der Waals surface area contributed by atoms with Gasteiger partial charge in [0.25, 0.3) is 5.91 Å². The van der Waals surface area contributed by atoms with Crippen LogP contribution in [0.15, 0.2) is 66.0 Å². The zero-order valence-corrected chi connectivity index (χ0v) is 19.5. The second-order valence-electron chi connectivity index (χ2n) is 8.25. The molecule has 4 rings (SSSR count). The maximum atomic E-state index is 12.8. The van der Waals surface area contributed by atoms with Crippen LogP contribution in [0.1, 0.15) is 33.6 Å². The summed E-state index contributed by atoms with van der Waals surface area (Å²) in [6, 6.07) is 18.3. The Bertz CT molecular complexity index is 1070. The minimum absolute atomic E-state index is 0.0241. The molecule has 7 heteroatoms. The van der Waals surface area contributed by atoms with E-state index in [0.29, 0.717) is 42.3 Å². The van der Waals surface area contributed by atoms with E-state index in [4.69, 9.17) is 9.47 Å². The van der Waals surface area contributed by atoms with E-state index in [0.717, 1.165) is 11.1 Å². The summed E-state index contributed by atoms with van der Waals surface area (Å²) in [4.78, 5) is 28.1. The lowest BCUT2D eigenvalue weighted by Gasteiger charge is -2.41. The summed E-state index contributed by atoms with van der Waals surface area (Å²) in [7, 11) is 0. The van der Waals surface area contributed by atoms with Crippen molar-refractivity contribution in [3.63, 3.8) is 0 Å². The molecule has 1 amide bonds. The minimum atomic E-state index is -1.92. The number of aryl methyl sites for hydroxylation is 2. The van der Waals surface area contributed by atoms with Crippen LogP contribution in [0.4, 0.5) is 0 Å². The largest absolute Gasteiger partial charge is 0.475 e. The Morgan fingerprint density at radius 3 is 1.91 bits per heavy atom. The SMILES string of the molecule is Cc1ccccc1OC(Oc1ccccc1C)(C(=O)O)C1CCN(C(=O)c2cccs2)CC1. The normalized spacial score (nSPS) is 14.7. The highest BCUT2D eigenvalue weighted by atomic mass is 32.1. The number of hydrogen-bond donors (Lipinski definition) is 1. The molecule has 3 aromatic rings. The van der Waals surface area contributed by atoms with E-state index in [9.17, 15) is 14.7 Å². The van der Waals surface area contributed by atoms with Crippen LogP contribution in [-0.2, 0) is 4.79 Å². The van der Waals surface area contributed by atoms with Crippen molar-refractivity contribution in [1.29, 1.82) is 0 Å². The van der Waals surface area contributed by atoms with Crippen molar-refractivity contribution in [2.24, 2.45) is 5.92 Å². The average Bonchev–Trinajstić information content (AvgIpc) is 3.36. The Morgan fingerprint density at radius 1 is 0.909 bits per heavy atom. The third-order valence-electron chi connectivity index (χ3n) is 6.06. The van der Waals surface area contributed by atoms with Crippen LogP contribution in [0.5, 0.6) is 11.5 Å². The van der Waals surface area contributed by atoms with E-state index in [1.807, 2.05) is 67.8 Å². The molecule has 0 atom stereocenters. The number of likely N-dealkylation sites (tertiary alicyclic amines) is 1. The van der Waals surface area contributed by atoms with Crippen molar-refractivity contribution in [3.8, 4) is 11.5 Å². The highest BCUT2D eigenvalue weighted by Crippen LogP contribution is 2.37. The minimum Gasteiger partial charge on any atom is -0.475 e. The molecule has 1 saturated heterocycles. The van der Waals surface area contributed by atoms with Crippen LogP contribution in [-0.4, -0.2) is 40.8 Å². The second kappa shape index (κ2) is 9.67. The third kappa shape index (κ3) is 4.73. The van der Waals surface area contributed by atoms with Crippen LogP contribution in [0.25, 0.3) is 0 Å². The molecule has 1 N–H and O–H groups in total. The number of rotatable bonds is 7. The van der Waals surface area contributed by atoms with Gasteiger partial charge in [-0.3, -0.25) is 4.79 Å². The molecule has 6 nitrogen and oxygen atoms in total. The lowest BCUT2D eigenvalue weighted by molar-refractivity contribution is -0.204. The Labute approximate surface area is 197 Å². The first kappa shape index (κ1) is 22.9. The summed E-state index contributed by atoms with van der Waals surface area (Å²) in [5, 5.41) is 12.4. The lowest BCUT2D eigenvalue weighted by Crippen LogP contribution is -2.59. The van der Waals surface area contributed by atoms with Gasteiger partial charge in [-0.2, -0.15) is 0 Å². The molecular formula is C26H27NO5S. The Balaban J connectivity index is 1.65. The fourth-order valence-electron chi connectivity index (χ4n) is 4.14. The zero-order valence-electron chi connectivity index (χ0n) is 18.7. The zero-order chi connectivity index (χ0) is 23.4. The molecule has 172 valence electrons. The van der Waals surface area contributed by atoms with Gasteiger partial charge in [-0.05, 0) is 61.4 Å².